The second-order valence-corrected chi connectivity index (χ2v) is 6.95. The number of aryl methyl sites for hydroxylation is 1. The number of nitro groups is 1. The van der Waals surface area contributed by atoms with E-state index < -0.39 is 22.8 Å². The summed E-state index contributed by atoms with van der Waals surface area (Å²) in [6.45, 7) is 6.14. The third kappa shape index (κ3) is 4.34. The van der Waals surface area contributed by atoms with Crippen LogP contribution in [0, 0.1) is 24.0 Å². The monoisotopic (exact) mass is 401 g/mol. The number of nitrogens with zero attached hydrogens (tertiary/aromatic N) is 2. The first kappa shape index (κ1) is 21.8. The number of carbonyl (C=O) groups excluding carboxylic acids is 3. The first-order valence-electron chi connectivity index (χ1n) is 8.86. The third-order valence-corrected chi connectivity index (χ3v) is 4.58. The highest BCUT2D eigenvalue weighted by Crippen LogP contribution is 2.28. The molecule has 0 amide bonds. The van der Waals surface area contributed by atoms with E-state index in [2.05, 4.69) is 4.98 Å². The molecule has 0 aliphatic carbocycles. The molecule has 1 N–H and O–H groups in total. The van der Waals surface area contributed by atoms with Gasteiger partial charge in [-0.05, 0) is 45.4 Å². The van der Waals surface area contributed by atoms with Crippen LogP contribution < -0.4 is 4.90 Å². The lowest BCUT2D eigenvalue weighted by Gasteiger charge is -2.15. The average Bonchev–Trinajstić information content (AvgIpc) is 2.94. The van der Waals surface area contributed by atoms with E-state index in [4.69, 9.17) is 4.74 Å². The summed E-state index contributed by atoms with van der Waals surface area (Å²) in [7, 11) is 3.30. The number of hydrogen-bond donors (Lipinski definition) is 1. The van der Waals surface area contributed by atoms with Gasteiger partial charge in [0.2, 0.25) is 5.78 Å². The van der Waals surface area contributed by atoms with Crippen LogP contribution in [0.2, 0.25) is 0 Å². The minimum Gasteiger partial charge on any atom is -0.451 e. The second-order valence-electron chi connectivity index (χ2n) is 6.95. The Kier molecular flexibility index (Phi) is 6.21. The van der Waals surface area contributed by atoms with E-state index in [1.54, 1.807) is 32.8 Å². The largest absolute Gasteiger partial charge is 0.451 e. The van der Waals surface area contributed by atoms with Crippen LogP contribution in [0.1, 0.15) is 56.3 Å². The molecule has 0 aliphatic heterocycles. The van der Waals surface area contributed by atoms with Gasteiger partial charge in [0.1, 0.15) is 5.69 Å². The highest BCUT2D eigenvalue weighted by molar-refractivity contribution is 6.05. The molecule has 2 rings (SSSR count). The molecule has 9 heteroatoms. The van der Waals surface area contributed by atoms with Crippen LogP contribution in [0.5, 0.6) is 0 Å². The number of H-pyrrole nitrogens is 1. The number of carbonyl (C=O) groups is 3. The number of Topliss-reactive ketones (excluding diaryl/α,β-unsaturated/α-hetero) is 2. The second kappa shape index (κ2) is 8.26. The van der Waals surface area contributed by atoms with Gasteiger partial charge >= 0.3 is 5.97 Å². The Labute approximate surface area is 167 Å². The molecule has 0 spiro atoms. The molecular formula is C20H23N3O6. The van der Waals surface area contributed by atoms with Gasteiger partial charge in [0.25, 0.3) is 5.69 Å². The molecule has 0 aliphatic rings. The number of anilines is 1. The van der Waals surface area contributed by atoms with Crippen molar-refractivity contribution in [1.29, 1.82) is 0 Å². The van der Waals surface area contributed by atoms with Crippen molar-refractivity contribution in [3.05, 3.63) is 56.4 Å². The first-order chi connectivity index (χ1) is 13.5. The number of benzene rings is 1. The van der Waals surface area contributed by atoms with Gasteiger partial charge in [-0.2, -0.15) is 0 Å². The maximum absolute atomic E-state index is 12.7. The van der Waals surface area contributed by atoms with Crippen LogP contribution >= 0.6 is 0 Å². The fourth-order valence-electron chi connectivity index (χ4n) is 3.18. The predicted molar refractivity (Wildman–Crippen MR) is 107 cm³/mol. The number of nitro benzene ring substituents is 1. The summed E-state index contributed by atoms with van der Waals surface area (Å²) in [4.78, 5) is 52.0. The van der Waals surface area contributed by atoms with Gasteiger partial charge in [-0.25, -0.2) is 4.79 Å². The van der Waals surface area contributed by atoms with Crippen molar-refractivity contribution in [2.45, 2.75) is 33.8 Å². The Balaban J connectivity index is 2.26. The van der Waals surface area contributed by atoms with Gasteiger partial charge in [-0.3, -0.25) is 19.7 Å². The first-order valence-corrected chi connectivity index (χ1v) is 8.86. The van der Waals surface area contributed by atoms with Gasteiger partial charge in [-0.15, -0.1) is 0 Å². The van der Waals surface area contributed by atoms with Crippen LogP contribution in [0.3, 0.4) is 0 Å². The molecule has 0 bridgehead atoms. The molecule has 29 heavy (non-hydrogen) atoms. The highest BCUT2D eigenvalue weighted by Gasteiger charge is 2.27. The van der Waals surface area contributed by atoms with Crippen molar-refractivity contribution in [3.8, 4) is 0 Å². The van der Waals surface area contributed by atoms with Gasteiger partial charge in [-0.1, -0.05) is 0 Å². The van der Waals surface area contributed by atoms with Crippen LogP contribution in [0.25, 0.3) is 0 Å². The number of rotatable bonds is 7. The lowest BCUT2D eigenvalue weighted by Crippen LogP contribution is -2.25. The van der Waals surface area contributed by atoms with E-state index in [1.807, 2.05) is 0 Å². The molecule has 154 valence electrons. The normalized spacial score (nSPS) is 11.7. The Bertz CT molecular complexity index is 1010. The Hall–Kier alpha value is -3.49. The van der Waals surface area contributed by atoms with Crippen molar-refractivity contribution in [2.24, 2.45) is 0 Å². The van der Waals surface area contributed by atoms with Crippen molar-refractivity contribution < 1.29 is 24.0 Å². The summed E-state index contributed by atoms with van der Waals surface area (Å²) >= 11 is 0. The van der Waals surface area contributed by atoms with Crippen LogP contribution in [-0.4, -0.2) is 47.6 Å². The summed E-state index contributed by atoms with van der Waals surface area (Å²) in [5, 5.41) is 11.3. The van der Waals surface area contributed by atoms with Gasteiger partial charge in [0, 0.05) is 31.4 Å². The zero-order valence-electron chi connectivity index (χ0n) is 17.2. The van der Waals surface area contributed by atoms with Gasteiger partial charge < -0.3 is 14.6 Å². The summed E-state index contributed by atoms with van der Waals surface area (Å²) in [6, 6.07) is 3.96. The molecule has 2 aromatic rings. The molecule has 0 fully saturated rings. The minimum absolute atomic E-state index is 0.0363. The number of esters is 1. The SMILES string of the molecule is CC(=O)c1c(C)[nH]c(C(=O)[C@@H](C)OC(=O)c2ccc(N(C)C)c([N+](=O)[O-])c2)c1C. The predicted octanol–water partition coefficient (Wildman–Crippen LogP) is 3.24. The number of ketones is 2. The van der Waals surface area contributed by atoms with E-state index >= 15 is 0 Å². The summed E-state index contributed by atoms with van der Waals surface area (Å²) in [5.74, 6) is -1.52. The van der Waals surface area contributed by atoms with Crippen LogP contribution in [0.4, 0.5) is 11.4 Å². The van der Waals surface area contributed by atoms with Gasteiger partial charge in [0.05, 0.1) is 16.2 Å². The number of aromatic nitrogens is 1. The maximum Gasteiger partial charge on any atom is 0.339 e. The lowest BCUT2D eigenvalue weighted by atomic mass is 10.0. The van der Waals surface area contributed by atoms with Crippen molar-refractivity contribution in [1.82, 2.24) is 4.98 Å². The Morgan fingerprint density at radius 2 is 1.83 bits per heavy atom. The van der Waals surface area contributed by atoms with E-state index in [-0.39, 0.29) is 22.7 Å². The van der Waals surface area contributed by atoms with E-state index in [1.165, 1.54) is 26.0 Å². The fourth-order valence-corrected chi connectivity index (χ4v) is 3.18. The third-order valence-electron chi connectivity index (χ3n) is 4.58. The lowest BCUT2D eigenvalue weighted by molar-refractivity contribution is -0.384. The van der Waals surface area contributed by atoms with Crippen molar-refractivity contribution in [3.63, 3.8) is 0 Å². The quantitative estimate of drug-likeness (QED) is 0.327. The summed E-state index contributed by atoms with van der Waals surface area (Å²) in [6.07, 6.45) is -1.15. The smallest absolute Gasteiger partial charge is 0.339 e. The van der Waals surface area contributed by atoms with E-state index in [0.717, 1.165) is 6.07 Å². The van der Waals surface area contributed by atoms with Crippen molar-refractivity contribution >= 4 is 28.9 Å². The Morgan fingerprint density at radius 1 is 1.21 bits per heavy atom. The molecule has 1 aromatic heterocycles. The molecule has 0 radical (unpaired) electrons. The standard InChI is InChI=1S/C20H23N3O6/c1-10-17(12(3)24)11(2)21-18(10)19(25)13(4)29-20(26)14-7-8-15(22(5)6)16(9-14)23(27)28/h7-9,13,21H,1-6H3/t13-/m1/s1. The topological polar surface area (TPSA) is 123 Å². The van der Waals surface area contributed by atoms with E-state index in [0.29, 0.717) is 22.5 Å². The summed E-state index contributed by atoms with van der Waals surface area (Å²) in [5.41, 5.74) is 1.74. The van der Waals surface area contributed by atoms with Crippen LogP contribution in [0.15, 0.2) is 18.2 Å². The number of nitrogens with one attached hydrogen (secondary N) is 1. The zero-order valence-corrected chi connectivity index (χ0v) is 17.2. The maximum atomic E-state index is 12.7. The summed E-state index contributed by atoms with van der Waals surface area (Å²) < 4.78 is 5.22. The molecule has 0 saturated heterocycles. The van der Waals surface area contributed by atoms with Gasteiger partial charge in [0.15, 0.2) is 11.9 Å². The molecule has 1 aromatic carbocycles. The molecule has 9 nitrogen and oxygen atoms in total. The fraction of sp³-hybridized carbons (Fsp3) is 0.350. The number of aromatic amines is 1. The zero-order chi connectivity index (χ0) is 22.0. The number of ether oxygens (including phenoxy) is 1. The average molecular weight is 401 g/mol. The molecule has 0 unspecified atom stereocenters. The Morgan fingerprint density at radius 3 is 2.31 bits per heavy atom. The molecule has 1 heterocycles. The van der Waals surface area contributed by atoms with Crippen molar-refractivity contribution in [2.75, 3.05) is 19.0 Å². The van der Waals surface area contributed by atoms with E-state index in [9.17, 15) is 24.5 Å². The molecule has 0 saturated carbocycles. The molecule has 1 atom stereocenters. The number of hydrogen-bond acceptors (Lipinski definition) is 7. The molecular weight excluding hydrogens is 378 g/mol. The minimum atomic E-state index is -1.15. The highest BCUT2D eigenvalue weighted by atomic mass is 16.6. The van der Waals surface area contributed by atoms with Crippen LogP contribution in [-0.2, 0) is 4.74 Å².